The molecule has 2 aromatic rings. The van der Waals surface area contributed by atoms with E-state index in [0.29, 0.717) is 0 Å². The number of halogens is 1. The van der Waals surface area contributed by atoms with Crippen molar-refractivity contribution in [2.75, 3.05) is 6.54 Å². The minimum absolute atomic E-state index is 0.888. The summed E-state index contributed by atoms with van der Waals surface area (Å²) in [5, 5.41) is 3.36. The molecule has 4 heteroatoms. The van der Waals surface area contributed by atoms with E-state index < -0.39 is 0 Å². The quantitative estimate of drug-likeness (QED) is 0.876. The summed E-state index contributed by atoms with van der Waals surface area (Å²) >= 11 is 3.54. The van der Waals surface area contributed by atoms with Crippen LogP contribution in [0.15, 0.2) is 28.9 Å². The van der Waals surface area contributed by atoms with E-state index in [4.69, 9.17) is 0 Å². The monoisotopic (exact) mass is 291 g/mol. The molecule has 0 fully saturated rings. The van der Waals surface area contributed by atoms with E-state index in [9.17, 15) is 0 Å². The highest BCUT2D eigenvalue weighted by atomic mass is 79.9. The molecule has 1 aliphatic rings. The van der Waals surface area contributed by atoms with Crippen molar-refractivity contribution in [2.45, 2.75) is 20.0 Å². The predicted molar refractivity (Wildman–Crippen MR) is 71.8 cm³/mol. The largest absolute Gasteiger partial charge is 0.325 e. The smallest absolute Gasteiger partial charge is 0.141 e. The van der Waals surface area contributed by atoms with Gasteiger partial charge in [0.25, 0.3) is 0 Å². The van der Waals surface area contributed by atoms with Gasteiger partial charge in [-0.1, -0.05) is 29.8 Å². The molecule has 88 valence electrons. The Hall–Kier alpha value is -1.13. The molecule has 1 N–H and O–H groups in total. The van der Waals surface area contributed by atoms with Crippen LogP contribution in [0, 0.1) is 6.92 Å². The van der Waals surface area contributed by atoms with Gasteiger partial charge in [0.15, 0.2) is 0 Å². The molecule has 0 saturated carbocycles. The molecule has 0 atom stereocenters. The zero-order valence-electron chi connectivity index (χ0n) is 9.70. The minimum Gasteiger partial charge on any atom is -0.325 e. The number of rotatable bonds is 1. The van der Waals surface area contributed by atoms with Crippen molar-refractivity contribution in [1.29, 1.82) is 0 Å². The third kappa shape index (κ3) is 1.91. The number of nitrogens with zero attached hydrogens (tertiary/aromatic N) is 2. The number of hydrogen-bond acceptors (Lipinski definition) is 2. The predicted octanol–water partition coefficient (Wildman–Crippen LogP) is 2.72. The van der Waals surface area contributed by atoms with Gasteiger partial charge in [0.1, 0.15) is 10.4 Å². The van der Waals surface area contributed by atoms with Crippen LogP contribution in [0.4, 0.5) is 0 Å². The summed E-state index contributed by atoms with van der Waals surface area (Å²) in [6.45, 7) is 4.98. The first-order valence-corrected chi connectivity index (χ1v) is 6.57. The Balaban J connectivity index is 2.11. The Kier molecular flexibility index (Phi) is 2.76. The average Bonchev–Trinajstić information content (AvgIpc) is 2.69. The van der Waals surface area contributed by atoms with Gasteiger partial charge >= 0.3 is 0 Å². The average molecular weight is 292 g/mol. The molecule has 0 saturated heterocycles. The summed E-state index contributed by atoms with van der Waals surface area (Å²) in [5.41, 5.74) is 3.70. The summed E-state index contributed by atoms with van der Waals surface area (Å²) in [6.07, 6.45) is 0. The maximum atomic E-state index is 4.63. The summed E-state index contributed by atoms with van der Waals surface area (Å²) in [4.78, 5) is 4.63. The number of aryl methyl sites for hydroxylation is 1. The normalized spacial score (nSPS) is 14.7. The van der Waals surface area contributed by atoms with Crippen molar-refractivity contribution in [2.24, 2.45) is 0 Å². The van der Waals surface area contributed by atoms with Crippen LogP contribution in [0.1, 0.15) is 11.3 Å². The number of benzene rings is 1. The summed E-state index contributed by atoms with van der Waals surface area (Å²) in [5.74, 6) is 1.06. The molecule has 17 heavy (non-hydrogen) atoms. The van der Waals surface area contributed by atoms with Gasteiger partial charge in [-0.2, -0.15) is 0 Å². The molecule has 1 aliphatic heterocycles. The van der Waals surface area contributed by atoms with Gasteiger partial charge < -0.3 is 9.88 Å². The van der Waals surface area contributed by atoms with E-state index >= 15 is 0 Å². The number of aromatic nitrogens is 2. The Labute approximate surface area is 109 Å². The van der Waals surface area contributed by atoms with Crippen molar-refractivity contribution in [1.82, 2.24) is 14.9 Å². The molecule has 3 rings (SSSR count). The molecule has 1 aromatic carbocycles. The lowest BCUT2D eigenvalue weighted by atomic mass is 10.1. The summed E-state index contributed by atoms with van der Waals surface area (Å²) < 4.78 is 3.26. The van der Waals surface area contributed by atoms with E-state index in [-0.39, 0.29) is 0 Å². The molecule has 0 unspecified atom stereocenters. The number of hydrogen-bond donors (Lipinski definition) is 1. The van der Waals surface area contributed by atoms with Crippen LogP contribution < -0.4 is 5.32 Å². The van der Waals surface area contributed by atoms with Crippen LogP contribution in [0.25, 0.3) is 11.4 Å². The van der Waals surface area contributed by atoms with Crippen molar-refractivity contribution < 1.29 is 0 Å². The van der Waals surface area contributed by atoms with Crippen LogP contribution in [-0.2, 0) is 13.1 Å². The fourth-order valence-corrected chi connectivity index (χ4v) is 2.71. The third-order valence-corrected chi connectivity index (χ3v) is 3.77. The Bertz CT molecular complexity index is 543. The Morgan fingerprint density at radius 1 is 1.29 bits per heavy atom. The van der Waals surface area contributed by atoms with Gasteiger partial charge in [-0.05, 0) is 22.9 Å². The van der Waals surface area contributed by atoms with Crippen molar-refractivity contribution in [3.8, 4) is 11.4 Å². The van der Waals surface area contributed by atoms with Crippen LogP contribution in [0.5, 0.6) is 0 Å². The lowest BCUT2D eigenvalue weighted by Crippen LogP contribution is -2.28. The van der Waals surface area contributed by atoms with Crippen LogP contribution in [-0.4, -0.2) is 16.1 Å². The van der Waals surface area contributed by atoms with Crippen LogP contribution in [0.3, 0.4) is 0 Å². The molecule has 3 nitrogen and oxygen atoms in total. The second kappa shape index (κ2) is 4.27. The highest BCUT2D eigenvalue weighted by Gasteiger charge is 2.18. The molecule has 0 bridgehead atoms. The van der Waals surface area contributed by atoms with Crippen LogP contribution >= 0.6 is 15.9 Å². The van der Waals surface area contributed by atoms with Gasteiger partial charge in [0, 0.05) is 25.2 Å². The standard InChI is InChI=1S/C13H14BrN3/c1-9-2-4-10(5-3-9)13-16-12(14)11-8-15-6-7-17(11)13/h2-5,15H,6-8H2,1H3. The van der Waals surface area contributed by atoms with Gasteiger partial charge in [0.05, 0.1) is 5.69 Å². The first-order chi connectivity index (χ1) is 8.25. The Morgan fingerprint density at radius 3 is 2.82 bits per heavy atom. The number of imidazole rings is 1. The molecule has 2 heterocycles. The molecular formula is C13H14BrN3. The van der Waals surface area contributed by atoms with E-state index in [1.54, 1.807) is 0 Å². The summed E-state index contributed by atoms with van der Waals surface area (Å²) in [7, 11) is 0. The third-order valence-electron chi connectivity index (χ3n) is 3.14. The maximum Gasteiger partial charge on any atom is 0.141 e. The first-order valence-electron chi connectivity index (χ1n) is 5.78. The molecule has 0 aliphatic carbocycles. The number of nitrogens with one attached hydrogen (secondary N) is 1. The van der Waals surface area contributed by atoms with Crippen LogP contribution in [0.2, 0.25) is 0 Å². The second-order valence-electron chi connectivity index (χ2n) is 4.37. The van der Waals surface area contributed by atoms with E-state index in [0.717, 1.165) is 30.1 Å². The fraction of sp³-hybridized carbons (Fsp3) is 0.308. The lowest BCUT2D eigenvalue weighted by molar-refractivity contribution is 0.518. The molecule has 0 spiro atoms. The highest BCUT2D eigenvalue weighted by Crippen LogP contribution is 2.27. The number of fused-ring (bicyclic) bond motifs is 1. The molecule has 0 amide bonds. The van der Waals surface area contributed by atoms with Crippen molar-refractivity contribution >= 4 is 15.9 Å². The molecule has 1 aromatic heterocycles. The van der Waals surface area contributed by atoms with Gasteiger partial charge in [-0.3, -0.25) is 0 Å². The molecular weight excluding hydrogens is 278 g/mol. The maximum absolute atomic E-state index is 4.63. The summed E-state index contributed by atoms with van der Waals surface area (Å²) in [6, 6.07) is 8.54. The molecule has 0 radical (unpaired) electrons. The zero-order valence-corrected chi connectivity index (χ0v) is 11.3. The fourth-order valence-electron chi connectivity index (χ4n) is 2.19. The zero-order chi connectivity index (χ0) is 11.8. The van der Waals surface area contributed by atoms with Gasteiger partial charge in [-0.25, -0.2) is 4.98 Å². The van der Waals surface area contributed by atoms with Crippen molar-refractivity contribution in [3.63, 3.8) is 0 Å². The lowest BCUT2D eigenvalue weighted by Gasteiger charge is -2.18. The minimum atomic E-state index is 0.888. The second-order valence-corrected chi connectivity index (χ2v) is 5.12. The SMILES string of the molecule is Cc1ccc(-c2nc(Br)c3n2CCNC3)cc1. The van der Waals surface area contributed by atoms with E-state index in [1.807, 2.05) is 0 Å². The topological polar surface area (TPSA) is 29.9 Å². The Morgan fingerprint density at radius 2 is 2.06 bits per heavy atom. The van der Waals surface area contributed by atoms with Crippen molar-refractivity contribution in [3.05, 3.63) is 40.1 Å². The van der Waals surface area contributed by atoms with Gasteiger partial charge in [0.2, 0.25) is 0 Å². The van der Waals surface area contributed by atoms with Gasteiger partial charge in [-0.15, -0.1) is 0 Å². The first kappa shape index (κ1) is 11.0. The van der Waals surface area contributed by atoms with E-state index in [1.165, 1.54) is 16.8 Å². The van der Waals surface area contributed by atoms with E-state index in [2.05, 4.69) is 62.0 Å². The highest BCUT2D eigenvalue weighted by molar-refractivity contribution is 9.10.